The highest BCUT2D eigenvalue weighted by atomic mass is 35.5. The van der Waals surface area contributed by atoms with Crippen molar-refractivity contribution in [2.45, 2.75) is 13.8 Å². The molecule has 3 aromatic carbocycles. The van der Waals surface area contributed by atoms with Gasteiger partial charge in [-0.05, 0) is 29.3 Å². The molecule has 3 aromatic rings. The largest absolute Gasteiger partial charge is 0.494 e. The topological polar surface area (TPSA) is 66.0 Å². The molecule has 0 amide bonds. The van der Waals surface area contributed by atoms with Gasteiger partial charge in [0.25, 0.3) is 0 Å². The SMILES string of the molecule is CC.COC(=O)c1cc(Cl)c(OC)c(ONc2cc(-c3ccccc3)ccc2OC)c1. The van der Waals surface area contributed by atoms with E-state index in [2.05, 4.69) is 5.48 Å². The summed E-state index contributed by atoms with van der Waals surface area (Å²) in [4.78, 5) is 17.6. The molecule has 7 heteroatoms. The van der Waals surface area contributed by atoms with Crippen LogP contribution >= 0.6 is 11.6 Å². The van der Waals surface area contributed by atoms with Crippen LogP contribution in [0.1, 0.15) is 24.2 Å². The van der Waals surface area contributed by atoms with Crippen LogP contribution in [-0.2, 0) is 4.74 Å². The van der Waals surface area contributed by atoms with Crippen LogP contribution in [0.4, 0.5) is 5.69 Å². The molecule has 0 atom stereocenters. The Labute approximate surface area is 187 Å². The number of hydrogen-bond donors (Lipinski definition) is 1. The standard InChI is InChI=1S/C22H20ClNO5.C2H6/c1-26-19-10-9-15(14-7-5-4-6-8-14)12-18(19)24-29-20-13-16(22(25)28-3)11-17(23)21(20)27-2;1-2/h4-13,24H,1-3H3;1-2H3. The number of hydrogen-bond acceptors (Lipinski definition) is 6. The summed E-state index contributed by atoms with van der Waals surface area (Å²) in [5.74, 6) is 0.555. The number of carbonyl (C=O) groups excluding carboxylic acids is 1. The summed E-state index contributed by atoms with van der Waals surface area (Å²) in [5, 5.41) is 0.220. The summed E-state index contributed by atoms with van der Waals surface area (Å²) >= 11 is 6.22. The van der Waals surface area contributed by atoms with Crippen LogP contribution in [0.3, 0.4) is 0 Å². The maximum absolute atomic E-state index is 11.9. The summed E-state index contributed by atoms with van der Waals surface area (Å²) < 4.78 is 15.5. The van der Waals surface area contributed by atoms with Gasteiger partial charge in [-0.25, -0.2) is 10.3 Å². The van der Waals surface area contributed by atoms with Crippen molar-refractivity contribution >= 4 is 23.3 Å². The van der Waals surface area contributed by atoms with Crippen molar-refractivity contribution in [1.29, 1.82) is 0 Å². The molecule has 0 saturated carbocycles. The first-order chi connectivity index (χ1) is 15.1. The molecular formula is C24H26ClNO5. The first kappa shape index (κ1) is 23.9. The Morgan fingerprint density at radius 3 is 2.16 bits per heavy atom. The van der Waals surface area contributed by atoms with Crippen molar-refractivity contribution in [3.8, 4) is 28.4 Å². The van der Waals surface area contributed by atoms with Gasteiger partial charge in [0.05, 0.1) is 31.9 Å². The quantitative estimate of drug-likeness (QED) is 0.344. The molecule has 164 valence electrons. The molecule has 0 aliphatic carbocycles. The Kier molecular flexibility index (Phi) is 9.03. The molecule has 0 aliphatic heterocycles. The van der Waals surface area contributed by atoms with Gasteiger partial charge in [-0.3, -0.25) is 0 Å². The molecule has 1 N–H and O–H groups in total. The number of methoxy groups -OCH3 is 3. The predicted molar refractivity (Wildman–Crippen MR) is 123 cm³/mol. The highest BCUT2D eigenvalue weighted by molar-refractivity contribution is 6.32. The van der Waals surface area contributed by atoms with E-state index in [9.17, 15) is 4.79 Å². The number of benzene rings is 3. The number of rotatable bonds is 7. The van der Waals surface area contributed by atoms with Crippen LogP contribution in [0.15, 0.2) is 60.7 Å². The summed E-state index contributed by atoms with van der Waals surface area (Å²) in [6.07, 6.45) is 0. The number of esters is 1. The normalized spacial score (nSPS) is 9.74. The molecule has 0 unspecified atom stereocenters. The summed E-state index contributed by atoms with van der Waals surface area (Å²) in [7, 11) is 4.32. The van der Waals surface area contributed by atoms with Crippen LogP contribution in [0.5, 0.6) is 17.2 Å². The van der Waals surface area contributed by atoms with Crippen molar-refractivity contribution in [2.24, 2.45) is 0 Å². The van der Waals surface area contributed by atoms with E-state index in [1.54, 1.807) is 7.11 Å². The van der Waals surface area contributed by atoms with E-state index in [0.29, 0.717) is 11.4 Å². The zero-order chi connectivity index (χ0) is 22.8. The molecule has 0 bridgehead atoms. The van der Waals surface area contributed by atoms with Gasteiger partial charge in [-0.2, -0.15) is 0 Å². The molecule has 0 heterocycles. The fourth-order valence-electron chi connectivity index (χ4n) is 2.79. The van der Waals surface area contributed by atoms with Gasteiger partial charge in [0.15, 0.2) is 11.5 Å². The first-order valence-electron chi connectivity index (χ1n) is 9.69. The average molecular weight is 444 g/mol. The Morgan fingerprint density at radius 1 is 0.839 bits per heavy atom. The molecule has 0 fully saturated rings. The van der Waals surface area contributed by atoms with Crippen LogP contribution in [-0.4, -0.2) is 27.3 Å². The lowest BCUT2D eigenvalue weighted by Gasteiger charge is -2.16. The second-order valence-corrected chi connectivity index (χ2v) is 6.37. The fourth-order valence-corrected chi connectivity index (χ4v) is 3.07. The van der Waals surface area contributed by atoms with Gasteiger partial charge < -0.3 is 19.0 Å². The first-order valence-corrected chi connectivity index (χ1v) is 10.1. The molecule has 0 spiro atoms. The second-order valence-electron chi connectivity index (χ2n) is 5.97. The fraction of sp³-hybridized carbons (Fsp3) is 0.208. The van der Waals surface area contributed by atoms with Crippen LogP contribution in [0.2, 0.25) is 5.02 Å². The Bertz CT molecular complexity index is 1010. The van der Waals surface area contributed by atoms with Gasteiger partial charge in [0.1, 0.15) is 11.4 Å². The van der Waals surface area contributed by atoms with E-state index >= 15 is 0 Å². The summed E-state index contributed by atoms with van der Waals surface area (Å²) in [6.45, 7) is 4.00. The van der Waals surface area contributed by atoms with E-state index in [1.165, 1.54) is 26.4 Å². The van der Waals surface area contributed by atoms with Crippen molar-refractivity contribution in [1.82, 2.24) is 0 Å². The summed E-state index contributed by atoms with van der Waals surface area (Å²) in [6, 6.07) is 18.5. The lowest BCUT2D eigenvalue weighted by molar-refractivity contribution is 0.0600. The van der Waals surface area contributed by atoms with Gasteiger partial charge in [0, 0.05) is 6.07 Å². The minimum absolute atomic E-state index is 0.220. The van der Waals surface area contributed by atoms with Crippen molar-refractivity contribution in [3.63, 3.8) is 0 Å². The predicted octanol–water partition coefficient (Wildman–Crippen LogP) is 6.24. The Balaban J connectivity index is 0.00000166. The minimum atomic E-state index is -0.539. The second kappa shape index (κ2) is 11.7. The van der Waals surface area contributed by atoms with Crippen molar-refractivity contribution < 1.29 is 23.8 Å². The minimum Gasteiger partial charge on any atom is -0.494 e. The smallest absolute Gasteiger partial charge is 0.338 e. The summed E-state index contributed by atoms with van der Waals surface area (Å²) in [5.41, 5.74) is 5.72. The monoisotopic (exact) mass is 443 g/mol. The number of carbonyl (C=O) groups is 1. The van der Waals surface area contributed by atoms with Crippen LogP contribution < -0.4 is 19.8 Å². The molecule has 0 aliphatic rings. The van der Waals surface area contributed by atoms with Crippen molar-refractivity contribution in [3.05, 3.63) is 71.2 Å². The molecule has 3 rings (SSSR count). The van der Waals surface area contributed by atoms with Crippen LogP contribution in [0.25, 0.3) is 11.1 Å². The molecule has 6 nitrogen and oxygen atoms in total. The highest BCUT2D eigenvalue weighted by Gasteiger charge is 2.17. The number of ether oxygens (including phenoxy) is 3. The molecule has 0 radical (unpaired) electrons. The van der Waals surface area contributed by atoms with E-state index in [-0.39, 0.29) is 22.1 Å². The molecule has 31 heavy (non-hydrogen) atoms. The van der Waals surface area contributed by atoms with Gasteiger partial charge in [-0.1, -0.05) is 61.8 Å². The van der Waals surface area contributed by atoms with Crippen LogP contribution in [0, 0.1) is 0 Å². The van der Waals surface area contributed by atoms with Crippen molar-refractivity contribution in [2.75, 3.05) is 26.8 Å². The zero-order valence-corrected chi connectivity index (χ0v) is 18.9. The van der Waals surface area contributed by atoms with E-state index in [4.69, 9.17) is 30.6 Å². The number of anilines is 1. The maximum Gasteiger partial charge on any atom is 0.338 e. The van der Waals surface area contributed by atoms with Gasteiger partial charge >= 0.3 is 5.97 Å². The molecule has 0 saturated heterocycles. The Morgan fingerprint density at radius 2 is 1.55 bits per heavy atom. The zero-order valence-electron chi connectivity index (χ0n) is 18.2. The number of halogens is 1. The van der Waals surface area contributed by atoms with E-state index in [1.807, 2.05) is 62.4 Å². The van der Waals surface area contributed by atoms with Gasteiger partial charge in [-0.15, -0.1) is 0 Å². The highest BCUT2D eigenvalue weighted by Crippen LogP contribution is 2.37. The average Bonchev–Trinajstić information content (AvgIpc) is 2.83. The third kappa shape index (κ3) is 5.83. The molecule has 0 aromatic heterocycles. The lowest BCUT2D eigenvalue weighted by Crippen LogP contribution is -2.09. The third-order valence-electron chi connectivity index (χ3n) is 4.21. The maximum atomic E-state index is 11.9. The third-order valence-corrected chi connectivity index (χ3v) is 4.49. The van der Waals surface area contributed by atoms with E-state index in [0.717, 1.165) is 11.1 Å². The molecular weight excluding hydrogens is 418 g/mol. The Hall–Kier alpha value is -3.38. The van der Waals surface area contributed by atoms with Gasteiger partial charge in [0.2, 0.25) is 0 Å². The lowest BCUT2D eigenvalue weighted by atomic mass is 10.1. The van der Waals surface area contributed by atoms with E-state index < -0.39 is 5.97 Å². The number of nitrogens with one attached hydrogen (secondary N) is 1.